The number of halogens is 2. The molecule has 0 aliphatic heterocycles. The molecule has 0 fully saturated rings. The largest absolute Gasteiger partial charge is 0.363 e. The Hall–Kier alpha value is -0.540. The Morgan fingerprint density at radius 3 is 1.58 bits per heavy atom. The van der Waals surface area contributed by atoms with Gasteiger partial charge in [0.1, 0.15) is 9.21 Å². The summed E-state index contributed by atoms with van der Waals surface area (Å²) >= 11 is 21.1. The van der Waals surface area contributed by atoms with Gasteiger partial charge in [0.05, 0.1) is 24.0 Å². The lowest BCUT2D eigenvalue weighted by Gasteiger charge is -2.12. The van der Waals surface area contributed by atoms with Crippen LogP contribution >= 0.6 is 79.8 Å². The van der Waals surface area contributed by atoms with Crippen molar-refractivity contribution >= 4 is 90.0 Å². The lowest BCUT2D eigenvalue weighted by molar-refractivity contribution is 0.726. The number of rotatable bonds is 14. The van der Waals surface area contributed by atoms with E-state index < -0.39 is 0 Å². The number of thioether (sulfide) groups is 2. The second kappa shape index (κ2) is 16.1. The molecule has 0 saturated heterocycles. The first-order valence-corrected chi connectivity index (χ1v) is 14.3. The number of aromatic amines is 2. The van der Waals surface area contributed by atoms with Gasteiger partial charge in [-0.3, -0.25) is 0 Å². The molecule has 2 aromatic heterocycles. The van der Waals surface area contributed by atoms with E-state index in [0.29, 0.717) is 10.2 Å². The molecule has 14 heteroatoms. The number of imidazole rings is 2. The van der Waals surface area contributed by atoms with Gasteiger partial charge in [-0.2, -0.15) is 23.5 Å². The summed E-state index contributed by atoms with van der Waals surface area (Å²) in [5.74, 6) is 3.71. The zero-order valence-electron chi connectivity index (χ0n) is 16.8. The van der Waals surface area contributed by atoms with Gasteiger partial charge in [-0.1, -0.05) is 0 Å². The second-order valence-electron chi connectivity index (χ2n) is 6.17. The molecule has 8 nitrogen and oxygen atoms in total. The maximum absolute atomic E-state index is 5.30. The number of hydrogen-bond acceptors (Lipinski definition) is 6. The van der Waals surface area contributed by atoms with E-state index in [1.807, 2.05) is 23.5 Å². The first-order chi connectivity index (χ1) is 15.1. The predicted molar refractivity (Wildman–Crippen MR) is 147 cm³/mol. The first kappa shape index (κ1) is 26.7. The Kier molecular flexibility index (Phi) is 13.9. The molecule has 0 aliphatic carbocycles. The highest BCUT2D eigenvalue weighted by Crippen LogP contribution is 2.17. The summed E-state index contributed by atoms with van der Waals surface area (Å²) < 4.78 is 1.76. The molecule has 0 spiro atoms. The van der Waals surface area contributed by atoms with Crippen molar-refractivity contribution in [3.05, 3.63) is 33.2 Å². The van der Waals surface area contributed by atoms with Crippen molar-refractivity contribution in [1.82, 2.24) is 41.2 Å². The van der Waals surface area contributed by atoms with Crippen LogP contribution in [0.4, 0.5) is 0 Å². The molecule has 0 bridgehead atoms. The third-order valence-electron chi connectivity index (χ3n) is 3.81. The van der Waals surface area contributed by atoms with E-state index >= 15 is 0 Å². The summed E-state index contributed by atoms with van der Waals surface area (Å²) in [6, 6.07) is 0. The maximum atomic E-state index is 5.30. The monoisotopic (exact) mass is 628 g/mol. The minimum atomic E-state index is 0.685. The van der Waals surface area contributed by atoms with Gasteiger partial charge in [0, 0.05) is 49.2 Å². The van der Waals surface area contributed by atoms with Gasteiger partial charge < -0.3 is 31.2 Å². The molecule has 0 radical (unpaired) electrons. The van der Waals surface area contributed by atoms with Crippen molar-refractivity contribution < 1.29 is 0 Å². The predicted octanol–water partition coefficient (Wildman–Crippen LogP) is 3.14. The topological polar surface area (TPSA) is 105 Å². The van der Waals surface area contributed by atoms with Crippen molar-refractivity contribution in [3.63, 3.8) is 0 Å². The molecule has 172 valence electrons. The highest BCUT2D eigenvalue weighted by Gasteiger charge is 2.03. The lowest BCUT2D eigenvalue weighted by Crippen LogP contribution is -2.40. The molecule has 6 N–H and O–H groups in total. The Morgan fingerprint density at radius 1 is 0.774 bits per heavy atom. The molecule has 31 heavy (non-hydrogen) atoms. The molecular formula is C17H26Br2N8S4. The van der Waals surface area contributed by atoms with E-state index in [1.54, 1.807) is 12.7 Å². The van der Waals surface area contributed by atoms with Crippen LogP contribution in [0.3, 0.4) is 0 Å². The first-order valence-electron chi connectivity index (χ1n) is 9.60. The summed E-state index contributed by atoms with van der Waals surface area (Å²) in [7, 11) is 0. The smallest absolute Gasteiger partial charge is 0.166 e. The van der Waals surface area contributed by atoms with Crippen molar-refractivity contribution in [2.45, 2.75) is 17.9 Å². The Bertz CT molecular complexity index is 736. The summed E-state index contributed by atoms with van der Waals surface area (Å²) in [4.78, 5) is 14.5. The minimum Gasteiger partial charge on any atom is -0.363 e. The summed E-state index contributed by atoms with van der Waals surface area (Å²) in [6.45, 7) is 3.24. The third kappa shape index (κ3) is 11.8. The normalized spacial score (nSPS) is 10.6. The average molecular weight is 631 g/mol. The number of nitrogens with zero attached hydrogens (tertiary/aromatic N) is 2. The molecule has 0 unspecified atom stereocenters. The number of hydrogen-bond donors (Lipinski definition) is 6. The van der Waals surface area contributed by atoms with Gasteiger partial charge in [0.25, 0.3) is 0 Å². The average Bonchev–Trinajstić information content (AvgIpc) is 3.35. The molecule has 0 saturated carbocycles. The fourth-order valence-electron chi connectivity index (χ4n) is 2.25. The lowest BCUT2D eigenvalue weighted by atomic mass is 10.4. The van der Waals surface area contributed by atoms with Gasteiger partial charge in [-0.05, 0) is 62.7 Å². The van der Waals surface area contributed by atoms with Crippen LogP contribution in [0.1, 0.15) is 17.8 Å². The van der Waals surface area contributed by atoms with Crippen molar-refractivity contribution in [1.29, 1.82) is 0 Å². The molecular weight excluding hydrogens is 604 g/mol. The fraction of sp³-hybridized carbons (Fsp3) is 0.529. The van der Waals surface area contributed by atoms with Gasteiger partial charge in [0.2, 0.25) is 0 Å². The number of nitrogens with one attached hydrogen (secondary N) is 6. The maximum Gasteiger partial charge on any atom is 0.166 e. The highest BCUT2D eigenvalue weighted by molar-refractivity contribution is 9.10. The Labute approximate surface area is 218 Å². The fourth-order valence-corrected chi connectivity index (χ4v) is 5.37. The van der Waals surface area contributed by atoms with Crippen LogP contribution in [0.15, 0.2) is 21.9 Å². The van der Waals surface area contributed by atoms with E-state index in [0.717, 1.165) is 76.2 Å². The molecule has 2 aromatic rings. The van der Waals surface area contributed by atoms with Crippen LogP contribution in [-0.4, -0.2) is 67.8 Å². The van der Waals surface area contributed by atoms with Crippen molar-refractivity contribution in [2.24, 2.45) is 0 Å². The van der Waals surface area contributed by atoms with Gasteiger partial charge in [0.15, 0.2) is 10.2 Å². The van der Waals surface area contributed by atoms with Crippen LogP contribution in [0.2, 0.25) is 0 Å². The van der Waals surface area contributed by atoms with E-state index in [-0.39, 0.29) is 0 Å². The molecule has 0 amide bonds. The van der Waals surface area contributed by atoms with Crippen LogP contribution in [0.5, 0.6) is 0 Å². The second-order valence-corrected chi connectivity index (χ2v) is 10.7. The number of thiocarbonyl (C=S) groups is 2. The van der Waals surface area contributed by atoms with Gasteiger partial charge in [-0.25, -0.2) is 9.97 Å². The molecule has 0 aliphatic rings. The quantitative estimate of drug-likeness (QED) is 0.138. The molecule has 2 rings (SSSR count). The zero-order valence-corrected chi connectivity index (χ0v) is 23.2. The number of H-pyrrole nitrogens is 2. The summed E-state index contributed by atoms with van der Waals surface area (Å²) in [6.07, 6.45) is 4.31. The SMILES string of the molecule is S=C(NCCCNC(=S)NCCSCc1[nH]cnc1Br)NCCSCc1[nH]cnc1Br. The molecule has 0 aromatic carbocycles. The van der Waals surface area contributed by atoms with Crippen molar-refractivity contribution in [2.75, 3.05) is 37.7 Å². The van der Waals surface area contributed by atoms with E-state index in [4.69, 9.17) is 24.4 Å². The van der Waals surface area contributed by atoms with Crippen molar-refractivity contribution in [3.8, 4) is 0 Å². The van der Waals surface area contributed by atoms with E-state index in [2.05, 4.69) is 73.1 Å². The summed E-state index contributed by atoms with van der Waals surface area (Å²) in [5, 5.41) is 14.2. The van der Waals surface area contributed by atoms with Crippen LogP contribution in [-0.2, 0) is 11.5 Å². The van der Waals surface area contributed by atoms with E-state index in [1.165, 1.54) is 0 Å². The third-order valence-corrected chi connectivity index (χ3v) is 7.73. The van der Waals surface area contributed by atoms with Crippen LogP contribution in [0.25, 0.3) is 0 Å². The van der Waals surface area contributed by atoms with Gasteiger partial charge in [-0.15, -0.1) is 0 Å². The standard InChI is InChI=1S/C17H26Br2N8S4/c18-14-12(24-10-26-14)8-30-6-4-22-16(28)20-2-1-3-21-17(29)23-5-7-31-9-13-15(19)27-11-25-13/h10-11H,1-9H2,(H,24,26)(H,25,27)(H2,20,22,28)(H2,21,23,29). The Morgan fingerprint density at radius 2 is 1.19 bits per heavy atom. The van der Waals surface area contributed by atoms with Crippen LogP contribution < -0.4 is 21.3 Å². The minimum absolute atomic E-state index is 0.685. The zero-order chi connectivity index (χ0) is 22.3. The van der Waals surface area contributed by atoms with E-state index in [9.17, 15) is 0 Å². The van der Waals surface area contributed by atoms with Gasteiger partial charge >= 0.3 is 0 Å². The Balaban J connectivity index is 1.36. The summed E-state index contributed by atoms with van der Waals surface area (Å²) in [5.41, 5.74) is 2.21. The molecule has 0 atom stereocenters. The highest BCUT2D eigenvalue weighted by atomic mass is 79.9. The molecule has 2 heterocycles. The number of aromatic nitrogens is 4. The van der Waals surface area contributed by atoms with Crippen LogP contribution in [0, 0.1) is 0 Å².